The van der Waals surface area contributed by atoms with E-state index in [0.29, 0.717) is 13.2 Å². The lowest BCUT2D eigenvalue weighted by atomic mass is 10.1. The summed E-state index contributed by atoms with van der Waals surface area (Å²) in [5.41, 5.74) is 1.22. The van der Waals surface area contributed by atoms with Crippen LogP contribution in [0.5, 0.6) is 0 Å². The Hall–Kier alpha value is -1.26. The molecular weight excluding hydrogens is 274 g/mol. The van der Waals surface area contributed by atoms with Crippen molar-refractivity contribution >= 4 is 17.6 Å². The minimum absolute atomic E-state index is 0.654. The number of benzene rings is 1. The first-order chi connectivity index (χ1) is 9.76. The summed E-state index contributed by atoms with van der Waals surface area (Å²) in [7, 11) is 0. The van der Waals surface area contributed by atoms with E-state index in [1.54, 1.807) is 0 Å². The van der Waals surface area contributed by atoms with E-state index >= 15 is 0 Å². The van der Waals surface area contributed by atoms with E-state index in [2.05, 4.69) is 28.6 Å². The number of nitrogens with zero attached hydrogens (tertiary/aromatic N) is 1. The summed E-state index contributed by atoms with van der Waals surface area (Å²) in [6.07, 6.45) is 0.913. The molecule has 0 radical (unpaired) electrons. The Kier molecular flexibility index (Phi) is 8.83. The van der Waals surface area contributed by atoms with Crippen LogP contribution in [0.3, 0.4) is 0 Å². The summed E-state index contributed by atoms with van der Waals surface area (Å²) in [5, 5.41) is 7.30. The predicted molar refractivity (Wildman–Crippen MR) is 85.6 cm³/mol. The van der Waals surface area contributed by atoms with E-state index in [4.69, 9.17) is 16.3 Å². The minimum Gasteiger partial charge on any atom is -0.380 e. The third kappa shape index (κ3) is 7.36. The maximum absolute atomic E-state index is 5.96. The Morgan fingerprint density at radius 3 is 2.85 bits per heavy atom. The highest BCUT2D eigenvalue weighted by Crippen LogP contribution is 2.10. The van der Waals surface area contributed by atoms with E-state index in [1.807, 2.05) is 25.1 Å². The van der Waals surface area contributed by atoms with Crippen molar-refractivity contribution in [3.8, 4) is 0 Å². The average molecular weight is 298 g/mol. The van der Waals surface area contributed by atoms with Crippen molar-refractivity contribution in [2.24, 2.45) is 4.99 Å². The number of halogens is 1. The van der Waals surface area contributed by atoms with Gasteiger partial charge in [-0.1, -0.05) is 23.7 Å². The Bertz CT molecular complexity index is 410. The van der Waals surface area contributed by atoms with Crippen molar-refractivity contribution in [1.82, 2.24) is 10.6 Å². The SMILES string of the molecule is CCNC(=NCCOCC)NCCc1cccc(Cl)c1. The zero-order chi connectivity index (χ0) is 14.6. The van der Waals surface area contributed by atoms with Gasteiger partial charge in [0.1, 0.15) is 0 Å². The van der Waals surface area contributed by atoms with Crippen LogP contribution in [0.15, 0.2) is 29.3 Å². The van der Waals surface area contributed by atoms with Crippen LogP contribution in [-0.2, 0) is 11.2 Å². The van der Waals surface area contributed by atoms with Crippen LogP contribution < -0.4 is 10.6 Å². The van der Waals surface area contributed by atoms with Crippen LogP contribution in [0.25, 0.3) is 0 Å². The minimum atomic E-state index is 0.654. The van der Waals surface area contributed by atoms with Crippen molar-refractivity contribution < 1.29 is 4.74 Å². The highest BCUT2D eigenvalue weighted by atomic mass is 35.5. The van der Waals surface area contributed by atoms with Gasteiger partial charge in [-0.25, -0.2) is 0 Å². The van der Waals surface area contributed by atoms with Gasteiger partial charge >= 0.3 is 0 Å². The second-order valence-corrected chi connectivity index (χ2v) is 4.70. The summed E-state index contributed by atoms with van der Waals surface area (Å²) < 4.78 is 5.27. The van der Waals surface area contributed by atoms with Gasteiger partial charge in [-0.05, 0) is 38.0 Å². The van der Waals surface area contributed by atoms with Gasteiger partial charge in [-0.2, -0.15) is 0 Å². The number of hydrogen-bond donors (Lipinski definition) is 2. The third-order valence-corrected chi connectivity index (χ3v) is 2.88. The molecule has 4 nitrogen and oxygen atoms in total. The summed E-state index contributed by atoms with van der Waals surface area (Å²) >= 11 is 5.96. The molecule has 1 aromatic carbocycles. The zero-order valence-corrected chi connectivity index (χ0v) is 13.0. The molecule has 1 aromatic rings. The standard InChI is InChI=1S/C15H24ClN3O/c1-3-17-15(19-10-11-20-4-2)18-9-8-13-6-5-7-14(16)12-13/h5-7,12H,3-4,8-11H2,1-2H3,(H2,17,18,19). The van der Waals surface area contributed by atoms with Crippen LogP contribution in [0, 0.1) is 0 Å². The molecule has 0 saturated carbocycles. The third-order valence-electron chi connectivity index (χ3n) is 2.65. The van der Waals surface area contributed by atoms with Crippen molar-refractivity contribution in [2.75, 3.05) is 32.8 Å². The zero-order valence-electron chi connectivity index (χ0n) is 12.3. The van der Waals surface area contributed by atoms with Crippen LogP contribution in [0.2, 0.25) is 5.02 Å². The Balaban J connectivity index is 2.34. The maximum atomic E-state index is 5.96. The molecular formula is C15H24ClN3O. The van der Waals surface area contributed by atoms with E-state index < -0.39 is 0 Å². The first-order valence-electron chi connectivity index (χ1n) is 7.10. The van der Waals surface area contributed by atoms with Crippen LogP contribution in [0.4, 0.5) is 0 Å². The van der Waals surface area contributed by atoms with Gasteiger partial charge < -0.3 is 15.4 Å². The Labute approximate surface area is 126 Å². The number of nitrogens with one attached hydrogen (secondary N) is 2. The number of ether oxygens (including phenoxy) is 1. The van der Waals surface area contributed by atoms with Gasteiger partial charge in [0, 0.05) is 24.7 Å². The molecule has 0 aromatic heterocycles. The molecule has 0 spiro atoms. The molecule has 0 fully saturated rings. The first-order valence-corrected chi connectivity index (χ1v) is 7.48. The molecule has 5 heteroatoms. The van der Waals surface area contributed by atoms with Crippen LogP contribution >= 0.6 is 11.6 Å². The molecule has 20 heavy (non-hydrogen) atoms. The van der Waals surface area contributed by atoms with Gasteiger partial charge in [0.05, 0.1) is 13.2 Å². The first kappa shape index (κ1) is 16.8. The average Bonchev–Trinajstić information content (AvgIpc) is 2.43. The Morgan fingerprint density at radius 2 is 2.15 bits per heavy atom. The summed E-state index contributed by atoms with van der Waals surface area (Å²) in [5.74, 6) is 0.828. The van der Waals surface area contributed by atoms with E-state index in [-0.39, 0.29) is 0 Å². The second-order valence-electron chi connectivity index (χ2n) is 4.26. The van der Waals surface area contributed by atoms with Gasteiger partial charge in [-0.15, -0.1) is 0 Å². The van der Waals surface area contributed by atoms with Gasteiger partial charge in [-0.3, -0.25) is 4.99 Å². The predicted octanol–water partition coefficient (Wildman–Crippen LogP) is 2.47. The monoisotopic (exact) mass is 297 g/mol. The summed E-state index contributed by atoms with van der Waals surface area (Å²) in [6.45, 7) is 7.75. The highest BCUT2D eigenvalue weighted by Gasteiger charge is 1.98. The second kappa shape index (κ2) is 10.5. The molecule has 112 valence electrons. The molecule has 0 aliphatic carbocycles. The molecule has 0 saturated heterocycles. The maximum Gasteiger partial charge on any atom is 0.191 e. The Morgan fingerprint density at radius 1 is 1.30 bits per heavy atom. The largest absolute Gasteiger partial charge is 0.380 e. The van der Waals surface area contributed by atoms with E-state index in [0.717, 1.165) is 37.1 Å². The molecule has 0 aliphatic rings. The lowest BCUT2D eigenvalue weighted by Crippen LogP contribution is -2.38. The van der Waals surface area contributed by atoms with Crippen LogP contribution in [0.1, 0.15) is 19.4 Å². The van der Waals surface area contributed by atoms with Gasteiger partial charge in [0.2, 0.25) is 0 Å². The molecule has 0 unspecified atom stereocenters. The van der Waals surface area contributed by atoms with Crippen molar-refractivity contribution in [2.45, 2.75) is 20.3 Å². The normalized spacial score (nSPS) is 11.4. The molecule has 0 atom stereocenters. The number of hydrogen-bond acceptors (Lipinski definition) is 2. The number of aliphatic imine (C=N–C) groups is 1. The number of guanidine groups is 1. The molecule has 0 heterocycles. The van der Waals surface area contributed by atoms with Crippen molar-refractivity contribution in [3.63, 3.8) is 0 Å². The quantitative estimate of drug-likeness (QED) is 0.440. The lowest BCUT2D eigenvalue weighted by Gasteiger charge is -2.11. The van der Waals surface area contributed by atoms with Crippen LogP contribution in [-0.4, -0.2) is 38.8 Å². The van der Waals surface area contributed by atoms with Gasteiger partial charge in [0.25, 0.3) is 0 Å². The fourth-order valence-corrected chi connectivity index (χ4v) is 1.94. The van der Waals surface area contributed by atoms with Gasteiger partial charge in [0.15, 0.2) is 5.96 Å². The van der Waals surface area contributed by atoms with E-state index in [9.17, 15) is 0 Å². The van der Waals surface area contributed by atoms with Crippen molar-refractivity contribution in [1.29, 1.82) is 0 Å². The highest BCUT2D eigenvalue weighted by molar-refractivity contribution is 6.30. The topological polar surface area (TPSA) is 45.7 Å². The molecule has 1 rings (SSSR count). The van der Waals surface area contributed by atoms with E-state index in [1.165, 1.54) is 5.56 Å². The fraction of sp³-hybridized carbons (Fsp3) is 0.533. The molecule has 0 amide bonds. The lowest BCUT2D eigenvalue weighted by molar-refractivity contribution is 0.155. The number of rotatable bonds is 8. The van der Waals surface area contributed by atoms with Crippen molar-refractivity contribution in [3.05, 3.63) is 34.9 Å². The fourth-order valence-electron chi connectivity index (χ4n) is 1.73. The molecule has 0 bridgehead atoms. The summed E-state index contributed by atoms with van der Waals surface area (Å²) in [6, 6.07) is 7.92. The molecule has 0 aliphatic heterocycles. The molecule has 2 N–H and O–H groups in total. The smallest absolute Gasteiger partial charge is 0.191 e. The summed E-state index contributed by atoms with van der Waals surface area (Å²) in [4.78, 5) is 4.44.